The summed E-state index contributed by atoms with van der Waals surface area (Å²) in [6.07, 6.45) is 0.245. The normalized spacial score (nSPS) is 15.8. The van der Waals surface area contributed by atoms with Crippen molar-refractivity contribution in [3.05, 3.63) is 28.2 Å². The molecule has 1 aliphatic rings. The molecule has 0 radical (unpaired) electrons. The monoisotopic (exact) mass is 309 g/mol. The molecule has 0 saturated carbocycles. The summed E-state index contributed by atoms with van der Waals surface area (Å²) in [5.41, 5.74) is 0.978. The van der Waals surface area contributed by atoms with Gasteiger partial charge in [-0.3, -0.25) is 14.4 Å². The van der Waals surface area contributed by atoms with Gasteiger partial charge in [0.1, 0.15) is 5.78 Å². The highest BCUT2D eigenvalue weighted by atomic mass is 79.9. The summed E-state index contributed by atoms with van der Waals surface area (Å²) >= 11 is 3.27. The Labute approximate surface area is 113 Å². The predicted molar refractivity (Wildman–Crippen MR) is 70.7 cm³/mol. The van der Waals surface area contributed by atoms with E-state index in [1.807, 2.05) is 0 Å². The molecule has 0 aliphatic carbocycles. The quantitative estimate of drug-likeness (QED) is 0.805. The molecular formula is C13H12BrNO3. The van der Waals surface area contributed by atoms with Gasteiger partial charge in [-0.15, -0.1) is 0 Å². The molecule has 18 heavy (non-hydrogen) atoms. The molecule has 0 unspecified atom stereocenters. The van der Waals surface area contributed by atoms with E-state index in [4.69, 9.17) is 0 Å². The number of hydrogen-bond acceptors (Lipinski definition) is 3. The highest BCUT2D eigenvalue weighted by molar-refractivity contribution is 9.10. The highest BCUT2D eigenvalue weighted by Crippen LogP contribution is 2.33. The Morgan fingerprint density at radius 2 is 2.06 bits per heavy atom. The third-order valence-electron chi connectivity index (χ3n) is 2.90. The van der Waals surface area contributed by atoms with Crippen molar-refractivity contribution < 1.29 is 14.4 Å². The van der Waals surface area contributed by atoms with Crippen LogP contribution < -0.4 is 4.90 Å². The number of ketones is 2. The summed E-state index contributed by atoms with van der Waals surface area (Å²) in [4.78, 5) is 36.3. The third kappa shape index (κ3) is 2.10. The average molecular weight is 310 g/mol. The zero-order valence-corrected chi connectivity index (χ0v) is 11.7. The molecule has 0 bridgehead atoms. The number of nitrogens with zero attached hydrogens (tertiary/aromatic N) is 1. The Hall–Kier alpha value is -1.49. The lowest BCUT2D eigenvalue weighted by atomic mass is 10.1. The van der Waals surface area contributed by atoms with E-state index in [9.17, 15) is 14.4 Å². The lowest BCUT2D eigenvalue weighted by Crippen LogP contribution is -2.38. The minimum atomic E-state index is -0.558. The molecule has 0 saturated heterocycles. The zero-order chi connectivity index (χ0) is 13.4. The number of carbonyl (C=O) groups excluding carboxylic acids is 3. The number of amides is 1. The van der Waals surface area contributed by atoms with Crippen molar-refractivity contribution in [2.45, 2.75) is 26.3 Å². The molecule has 4 nitrogen and oxygen atoms in total. The van der Waals surface area contributed by atoms with Crippen LogP contribution in [0.15, 0.2) is 22.7 Å². The molecule has 0 N–H and O–H groups in total. The van der Waals surface area contributed by atoms with Gasteiger partial charge in [0.25, 0.3) is 11.7 Å². The number of halogens is 1. The van der Waals surface area contributed by atoms with Crippen molar-refractivity contribution >= 4 is 39.1 Å². The van der Waals surface area contributed by atoms with Crippen LogP contribution in [0.3, 0.4) is 0 Å². The molecule has 0 fully saturated rings. The molecule has 1 aliphatic heterocycles. The third-order valence-corrected chi connectivity index (χ3v) is 3.39. The Balaban J connectivity index is 2.43. The fraction of sp³-hybridized carbons (Fsp3) is 0.308. The second kappa shape index (κ2) is 4.65. The van der Waals surface area contributed by atoms with Crippen molar-refractivity contribution in [1.82, 2.24) is 0 Å². The minimum absolute atomic E-state index is 0.00619. The van der Waals surface area contributed by atoms with Gasteiger partial charge in [-0.25, -0.2) is 0 Å². The SMILES string of the molecule is CC(=O)C[C@@H](C)N1C(=O)C(=O)c2cc(Br)ccc21. The second-order valence-corrected chi connectivity index (χ2v) is 5.34. The van der Waals surface area contributed by atoms with Crippen LogP contribution in [0, 0.1) is 0 Å². The Kier molecular flexibility index (Phi) is 3.34. The van der Waals surface area contributed by atoms with Crippen LogP contribution in [-0.2, 0) is 9.59 Å². The minimum Gasteiger partial charge on any atom is -0.302 e. The summed E-state index contributed by atoms with van der Waals surface area (Å²) < 4.78 is 0.753. The number of anilines is 1. The molecule has 2 rings (SSSR count). The van der Waals surface area contributed by atoms with Crippen LogP contribution in [0.25, 0.3) is 0 Å². The first-order chi connectivity index (χ1) is 8.41. The maximum atomic E-state index is 11.9. The molecule has 1 heterocycles. The highest BCUT2D eigenvalue weighted by Gasteiger charge is 2.38. The number of benzene rings is 1. The Morgan fingerprint density at radius 1 is 1.39 bits per heavy atom. The molecular weight excluding hydrogens is 298 g/mol. The second-order valence-electron chi connectivity index (χ2n) is 4.42. The number of hydrogen-bond donors (Lipinski definition) is 0. The van der Waals surface area contributed by atoms with E-state index >= 15 is 0 Å². The molecule has 1 atom stereocenters. The molecule has 0 spiro atoms. The first-order valence-electron chi connectivity index (χ1n) is 5.58. The molecule has 1 aromatic carbocycles. The number of carbonyl (C=O) groups is 3. The standard InChI is InChI=1S/C13H12BrNO3/c1-7(5-8(2)16)15-11-4-3-9(14)6-10(11)12(17)13(15)18/h3-4,6-7H,5H2,1-2H3/t7-/m1/s1. The van der Waals surface area contributed by atoms with Gasteiger partial charge in [-0.1, -0.05) is 15.9 Å². The number of Topliss-reactive ketones (excluding diaryl/α,β-unsaturated/α-hetero) is 2. The lowest BCUT2D eigenvalue weighted by Gasteiger charge is -2.23. The van der Waals surface area contributed by atoms with Gasteiger partial charge in [-0.05, 0) is 32.0 Å². The fourth-order valence-corrected chi connectivity index (χ4v) is 2.54. The van der Waals surface area contributed by atoms with Crippen molar-refractivity contribution in [2.24, 2.45) is 0 Å². The van der Waals surface area contributed by atoms with Crippen molar-refractivity contribution in [3.8, 4) is 0 Å². The average Bonchev–Trinajstić information content (AvgIpc) is 2.51. The van der Waals surface area contributed by atoms with E-state index in [1.165, 1.54) is 11.8 Å². The molecule has 94 valence electrons. The van der Waals surface area contributed by atoms with E-state index in [1.54, 1.807) is 25.1 Å². The number of fused-ring (bicyclic) bond motifs is 1. The number of rotatable bonds is 3. The summed E-state index contributed by atoms with van der Waals surface area (Å²) in [6, 6.07) is 4.83. The van der Waals surface area contributed by atoms with Gasteiger partial charge < -0.3 is 4.90 Å². The van der Waals surface area contributed by atoms with Gasteiger partial charge in [0.2, 0.25) is 0 Å². The van der Waals surface area contributed by atoms with E-state index < -0.39 is 11.7 Å². The van der Waals surface area contributed by atoms with Crippen molar-refractivity contribution in [1.29, 1.82) is 0 Å². The van der Waals surface area contributed by atoms with E-state index in [2.05, 4.69) is 15.9 Å². The largest absolute Gasteiger partial charge is 0.302 e. The molecule has 5 heteroatoms. The molecule has 1 amide bonds. The smallest absolute Gasteiger partial charge is 0.299 e. The van der Waals surface area contributed by atoms with Gasteiger partial charge in [0.05, 0.1) is 11.3 Å². The maximum absolute atomic E-state index is 11.9. The zero-order valence-electron chi connectivity index (χ0n) is 10.1. The van der Waals surface area contributed by atoms with Crippen LogP contribution in [0.5, 0.6) is 0 Å². The van der Waals surface area contributed by atoms with Gasteiger partial charge in [-0.2, -0.15) is 0 Å². The van der Waals surface area contributed by atoms with E-state index in [-0.39, 0.29) is 18.2 Å². The van der Waals surface area contributed by atoms with Crippen molar-refractivity contribution in [3.63, 3.8) is 0 Å². The fourth-order valence-electron chi connectivity index (χ4n) is 2.18. The van der Waals surface area contributed by atoms with Gasteiger partial charge in [0, 0.05) is 16.9 Å². The summed E-state index contributed by atoms with van der Waals surface area (Å²) in [5, 5.41) is 0. The van der Waals surface area contributed by atoms with E-state index in [0.717, 1.165) is 4.47 Å². The van der Waals surface area contributed by atoms with Crippen LogP contribution in [-0.4, -0.2) is 23.5 Å². The predicted octanol–water partition coefficient (Wildman–Crippen LogP) is 2.35. The van der Waals surface area contributed by atoms with Gasteiger partial charge >= 0.3 is 0 Å². The van der Waals surface area contributed by atoms with Crippen LogP contribution in [0.2, 0.25) is 0 Å². The van der Waals surface area contributed by atoms with Crippen molar-refractivity contribution in [2.75, 3.05) is 4.90 Å². The van der Waals surface area contributed by atoms with Crippen LogP contribution in [0.4, 0.5) is 5.69 Å². The Morgan fingerprint density at radius 3 is 2.67 bits per heavy atom. The summed E-state index contributed by atoms with van der Waals surface area (Å²) in [5.74, 6) is -1.08. The molecule has 1 aromatic rings. The Bertz CT molecular complexity index is 553. The van der Waals surface area contributed by atoms with Gasteiger partial charge in [0.15, 0.2) is 0 Å². The summed E-state index contributed by atoms with van der Waals surface area (Å²) in [6.45, 7) is 3.24. The van der Waals surface area contributed by atoms with E-state index in [0.29, 0.717) is 11.3 Å². The first kappa shape index (κ1) is 13.0. The lowest BCUT2D eigenvalue weighted by molar-refractivity contribution is -0.117. The first-order valence-corrected chi connectivity index (χ1v) is 6.38. The van der Waals surface area contributed by atoms with Crippen LogP contribution >= 0.6 is 15.9 Å². The topological polar surface area (TPSA) is 54.5 Å². The maximum Gasteiger partial charge on any atom is 0.299 e. The summed E-state index contributed by atoms with van der Waals surface area (Å²) in [7, 11) is 0. The van der Waals surface area contributed by atoms with Crippen LogP contribution in [0.1, 0.15) is 30.6 Å². The molecule has 0 aromatic heterocycles.